The molecule has 0 saturated carbocycles. The molecule has 0 unspecified atom stereocenters. The molecular weight excluding hydrogens is 400 g/mol. The molecule has 158 valence electrons. The Morgan fingerprint density at radius 3 is 2.45 bits per heavy atom. The summed E-state index contributed by atoms with van der Waals surface area (Å²) in [6, 6.07) is 23.9. The molecule has 31 heavy (non-hydrogen) atoms. The number of rotatable bonds is 6. The summed E-state index contributed by atoms with van der Waals surface area (Å²) in [5.41, 5.74) is 0.808. The Hall–Kier alpha value is -3.75. The molecule has 1 fully saturated rings. The normalized spacial score (nSPS) is 18.4. The van der Waals surface area contributed by atoms with E-state index in [1.54, 1.807) is 36.4 Å². The van der Waals surface area contributed by atoms with Crippen molar-refractivity contribution in [2.45, 2.75) is 12.4 Å². The van der Waals surface area contributed by atoms with E-state index in [4.69, 9.17) is 14.3 Å². The highest BCUT2D eigenvalue weighted by Crippen LogP contribution is 2.30. The Morgan fingerprint density at radius 2 is 1.74 bits per heavy atom. The first-order valence-electron chi connectivity index (χ1n) is 9.71. The zero-order chi connectivity index (χ0) is 21.6. The molecule has 0 radical (unpaired) electrons. The van der Waals surface area contributed by atoms with Crippen molar-refractivity contribution in [3.05, 3.63) is 106 Å². The molecule has 1 aliphatic heterocycles. The van der Waals surface area contributed by atoms with E-state index in [0.29, 0.717) is 16.9 Å². The van der Waals surface area contributed by atoms with Crippen LogP contribution in [0.4, 0.5) is 5.69 Å². The SMILES string of the molecule is O=C(c1ccccc1)N1C[C@H](COc2ccccc2)O[C@H](c2cccc([N+](=O)[O-])c2)O1. The Balaban J connectivity index is 1.56. The molecule has 0 bridgehead atoms. The lowest BCUT2D eigenvalue weighted by Crippen LogP contribution is -2.47. The molecule has 8 nitrogen and oxygen atoms in total. The predicted molar refractivity (Wildman–Crippen MR) is 111 cm³/mol. The van der Waals surface area contributed by atoms with E-state index < -0.39 is 17.3 Å². The van der Waals surface area contributed by atoms with E-state index in [1.807, 2.05) is 36.4 Å². The highest BCUT2D eigenvalue weighted by molar-refractivity contribution is 5.93. The van der Waals surface area contributed by atoms with Gasteiger partial charge < -0.3 is 9.47 Å². The minimum atomic E-state index is -0.995. The highest BCUT2D eigenvalue weighted by Gasteiger charge is 2.34. The number of ether oxygens (including phenoxy) is 2. The van der Waals surface area contributed by atoms with Gasteiger partial charge in [0, 0.05) is 23.3 Å². The van der Waals surface area contributed by atoms with E-state index in [0.717, 1.165) is 0 Å². The van der Waals surface area contributed by atoms with E-state index in [2.05, 4.69) is 0 Å². The van der Waals surface area contributed by atoms with Crippen LogP contribution >= 0.6 is 0 Å². The number of para-hydroxylation sites is 1. The number of nitro benzene ring substituents is 1. The summed E-state index contributed by atoms with van der Waals surface area (Å²) in [5.74, 6) is 0.342. The van der Waals surface area contributed by atoms with Crippen molar-refractivity contribution in [1.29, 1.82) is 0 Å². The summed E-state index contributed by atoms with van der Waals surface area (Å²) in [6.07, 6.45) is -1.50. The number of hydrogen-bond acceptors (Lipinski definition) is 6. The quantitative estimate of drug-likeness (QED) is 0.440. The van der Waals surface area contributed by atoms with Gasteiger partial charge in [0.2, 0.25) is 6.29 Å². The maximum atomic E-state index is 13.0. The second-order valence-corrected chi connectivity index (χ2v) is 6.90. The maximum Gasteiger partial charge on any atom is 0.277 e. The van der Waals surface area contributed by atoms with E-state index in [9.17, 15) is 14.9 Å². The molecule has 2 atom stereocenters. The molecule has 4 rings (SSSR count). The topological polar surface area (TPSA) is 91.1 Å². The number of amides is 1. The third-order valence-corrected chi connectivity index (χ3v) is 4.69. The van der Waals surface area contributed by atoms with Crippen molar-refractivity contribution in [2.75, 3.05) is 13.2 Å². The van der Waals surface area contributed by atoms with Crippen LogP contribution < -0.4 is 4.74 Å². The van der Waals surface area contributed by atoms with Crippen LogP contribution in [0.2, 0.25) is 0 Å². The third kappa shape index (κ3) is 5.06. The van der Waals surface area contributed by atoms with Crippen LogP contribution in [0, 0.1) is 10.1 Å². The number of benzene rings is 3. The van der Waals surface area contributed by atoms with Crippen molar-refractivity contribution in [3.8, 4) is 5.75 Å². The van der Waals surface area contributed by atoms with Crippen LogP contribution in [0.3, 0.4) is 0 Å². The summed E-state index contributed by atoms with van der Waals surface area (Å²) >= 11 is 0. The number of carbonyl (C=O) groups is 1. The monoisotopic (exact) mass is 420 g/mol. The van der Waals surface area contributed by atoms with Crippen molar-refractivity contribution in [1.82, 2.24) is 5.06 Å². The zero-order valence-electron chi connectivity index (χ0n) is 16.5. The Bertz CT molecular complexity index is 1040. The standard InChI is InChI=1S/C23H20N2O6/c26-22(17-8-3-1-4-9-17)24-15-21(16-29-20-12-5-2-6-13-20)30-23(31-24)18-10-7-11-19(14-18)25(27)28/h1-14,21,23H,15-16H2/t21-,23+/m1/s1. The predicted octanol–water partition coefficient (Wildman–Crippen LogP) is 4.15. The van der Waals surface area contributed by atoms with Crippen molar-refractivity contribution in [3.63, 3.8) is 0 Å². The van der Waals surface area contributed by atoms with Crippen LogP contribution in [-0.2, 0) is 9.57 Å². The fraction of sp³-hybridized carbons (Fsp3) is 0.174. The Morgan fingerprint density at radius 1 is 1.03 bits per heavy atom. The number of carbonyl (C=O) groups excluding carboxylic acids is 1. The van der Waals surface area contributed by atoms with Gasteiger partial charge in [0.05, 0.1) is 11.5 Å². The highest BCUT2D eigenvalue weighted by atomic mass is 16.8. The molecule has 0 spiro atoms. The van der Waals surface area contributed by atoms with Crippen LogP contribution in [0.25, 0.3) is 0 Å². The van der Waals surface area contributed by atoms with Crippen LogP contribution in [0.1, 0.15) is 22.2 Å². The summed E-state index contributed by atoms with van der Waals surface area (Å²) in [4.78, 5) is 29.4. The average molecular weight is 420 g/mol. The van der Waals surface area contributed by atoms with Gasteiger partial charge in [-0.3, -0.25) is 14.9 Å². The molecule has 0 aromatic heterocycles. The van der Waals surface area contributed by atoms with Gasteiger partial charge in [-0.2, -0.15) is 0 Å². The fourth-order valence-corrected chi connectivity index (χ4v) is 3.16. The first-order valence-corrected chi connectivity index (χ1v) is 9.71. The second kappa shape index (κ2) is 9.38. The van der Waals surface area contributed by atoms with Gasteiger partial charge in [0.25, 0.3) is 11.6 Å². The molecule has 0 N–H and O–H groups in total. The van der Waals surface area contributed by atoms with E-state index in [-0.39, 0.29) is 24.7 Å². The van der Waals surface area contributed by atoms with Crippen molar-refractivity contribution < 1.29 is 24.0 Å². The number of hydroxylamine groups is 2. The Labute approximate surface area is 178 Å². The second-order valence-electron chi connectivity index (χ2n) is 6.90. The summed E-state index contributed by atoms with van der Waals surface area (Å²) < 4.78 is 11.8. The summed E-state index contributed by atoms with van der Waals surface area (Å²) in [6.45, 7) is 0.323. The lowest BCUT2D eigenvalue weighted by molar-refractivity contribution is -0.385. The molecule has 8 heteroatoms. The van der Waals surface area contributed by atoms with E-state index >= 15 is 0 Å². The van der Waals surface area contributed by atoms with Crippen molar-refractivity contribution in [2.24, 2.45) is 0 Å². The van der Waals surface area contributed by atoms with Crippen LogP contribution in [0.15, 0.2) is 84.9 Å². The third-order valence-electron chi connectivity index (χ3n) is 4.69. The first kappa shape index (κ1) is 20.5. The van der Waals surface area contributed by atoms with Crippen LogP contribution in [0.5, 0.6) is 5.75 Å². The lowest BCUT2D eigenvalue weighted by atomic mass is 10.1. The molecular formula is C23H20N2O6. The van der Waals surface area contributed by atoms with Gasteiger partial charge in [0.15, 0.2) is 0 Å². The number of nitro groups is 1. The van der Waals surface area contributed by atoms with Gasteiger partial charge in [-0.1, -0.05) is 48.5 Å². The summed E-state index contributed by atoms with van der Waals surface area (Å²) in [5, 5.41) is 12.4. The summed E-state index contributed by atoms with van der Waals surface area (Å²) in [7, 11) is 0. The molecule has 1 aliphatic rings. The van der Waals surface area contributed by atoms with E-state index in [1.165, 1.54) is 17.2 Å². The largest absolute Gasteiger partial charge is 0.491 e. The minimum absolute atomic E-state index is 0.0895. The molecule has 3 aromatic carbocycles. The number of nitrogens with zero attached hydrogens (tertiary/aromatic N) is 2. The molecule has 3 aromatic rings. The molecule has 1 heterocycles. The fourth-order valence-electron chi connectivity index (χ4n) is 3.16. The maximum absolute atomic E-state index is 13.0. The van der Waals surface area contributed by atoms with Gasteiger partial charge in [0.1, 0.15) is 18.5 Å². The van der Waals surface area contributed by atoms with Crippen molar-refractivity contribution >= 4 is 11.6 Å². The minimum Gasteiger partial charge on any atom is -0.491 e. The Kier molecular flexibility index (Phi) is 6.21. The first-order chi connectivity index (χ1) is 15.1. The zero-order valence-corrected chi connectivity index (χ0v) is 16.5. The lowest BCUT2D eigenvalue weighted by Gasteiger charge is -2.37. The smallest absolute Gasteiger partial charge is 0.277 e. The van der Waals surface area contributed by atoms with Gasteiger partial charge in [-0.15, -0.1) is 0 Å². The van der Waals surface area contributed by atoms with Gasteiger partial charge in [-0.25, -0.2) is 9.90 Å². The van der Waals surface area contributed by atoms with Gasteiger partial charge >= 0.3 is 0 Å². The molecule has 0 aliphatic carbocycles. The van der Waals surface area contributed by atoms with Gasteiger partial charge in [-0.05, 0) is 24.3 Å². The molecule has 1 amide bonds. The van der Waals surface area contributed by atoms with Crippen LogP contribution in [-0.4, -0.2) is 35.1 Å². The number of non-ortho nitro benzene ring substituents is 1. The number of hydrogen-bond donors (Lipinski definition) is 0. The molecule has 1 saturated heterocycles. The average Bonchev–Trinajstić information content (AvgIpc) is 2.83.